The van der Waals surface area contributed by atoms with Crippen molar-refractivity contribution in [3.05, 3.63) is 53.7 Å². The lowest BCUT2D eigenvalue weighted by molar-refractivity contribution is 0.0701. The number of rotatable bonds is 2. The molecular weight excluding hydrogens is 370 g/mol. The van der Waals surface area contributed by atoms with Crippen molar-refractivity contribution in [3.63, 3.8) is 0 Å². The molecule has 11 heteroatoms. The zero-order valence-corrected chi connectivity index (χ0v) is 14.7. The van der Waals surface area contributed by atoms with Gasteiger partial charge in [0.25, 0.3) is 5.91 Å². The summed E-state index contributed by atoms with van der Waals surface area (Å²) in [5.41, 5.74) is 1.67. The summed E-state index contributed by atoms with van der Waals surface area (Å²) in [6.07, 6.45) is 7.98. The maximum atomic E-state index is 12.9. The van der Waals surface area contributed by atoms with Crippen molar-refractivity contribution >= 4 is 23.2 Å². The molecule has 0 unspecified atom stereocenters. The summed E-state index contributed by atoms with van der Waals surface area (Å²) in [6, 6.07) is 1.64. The van der Waals surface area contributed by atoms with E-state index in [-0.39, 0.29) is 5.91 Å². The summed E-state index contributed by atoms with van der Waals surface area (Å²) in [5.74, 6) is 1.22. The maximum Gasteiger partial charge on any atom is 0.274 e. The van der Waals surface area contributed by atoms with Crippen LogP contribution in [-0.2, 0) is 13.1 Å². The Morgan fingerprint density at radius 2 is 1.96 bits per heavy atom. The molecule has 134 valence electrons. The van der Waals surface area contributed by atoms with Crippen LogP contribution in [0, 0.1) is 0 Å². The summed E-state index contributed by atoms with van der Waals surface area (Å²) in [7, 11) is 0. The molecule has 4 aromatic heterocycles. The van der Waals surface area contributed by atoms with Gasteiger partial charge in [-0.25, -0.2) is 19.5 Å². The van der Waals surface area contributed by atoms with Crippen molar-refractivity contribution in [1.29, 1.82) is 0 Å². The first-order valence-electron chi connectivity index (χ1n) is 8.17. The molecule has 10 nitrogen and oxygen atoms in total. The standard InChI is InChI=1S/C16H12ClN9O/c17-11-6-20-13-3-12(23-26(13)7-11)16(27)24-1-2-25-14(8-24)21-22-15(25)10-4-18-9-19-5-10/h3-7,9H,1-2,8H2. The lowest BCUT2D eigenvalue weighted by Gasteiger charge is -2.27. The van der Waals surface area contributed by atoms with E-state index in [1.54, 1.807) is 29.6 Å². The van der Waals surface area contributed by atoms with Gasteiger partial charge in [0, 0.05) is 37.7 Å². The van der Waals surface area contributed by atoms with Crippen LogP contribution in [0.1, 0.15) is 16.3 Å². The molecule has 0 aliphatic carbocycles. The van der Waals surface area contributed by atoms with Gasteiger partial charge in [0.1, 0.15) is 6.33 Å². The number of nitrogens with zero attached hydrogens (tertiary/aromatic N) is 9. The van der Waals surface area contributed by atoms with Crippen LogP contribution in [0.3, 0.4) is 0 Å². The minimum Gasteiger partial charge on any atom is -0.328 e. The lowest BCUT2D eigenvalue weighted by atomic mass is 10.2. The van der Waals surface area contributed by atoms with Gasteiger partial charge in [0.15, 0.2) is 23.0 Å². The van der Waals surface area contributed by atoms with Gasteiger partial charge in [-0.3, -0.25) is 4.79 Å². The van der Waals surface area contributed by atoms with Gasteiger partial charge in [-0.15, -0.1) is 10.2 Å². The fraction of sp³-hybridized carbons (Fsp3) is 0.188. The van der Waals surface area contributed by atoms with E-state index in [0.717, 1.165) is 5.56 Å². The Kier molecular flexibility index (Phi) is 3.57. The van der Waals surface area contributed by atoms with Gasteiger partial charge in [0.2, 0.25) is 0 Å². The normalized spacial score (nSPS) is 13.7. The molecule has 0 radical (unpaired) electrons. The summed E-state index contributed by atoms with van der Waals surface area (Å²) < 4.78 is 3.48. The second-order valence-corrected chi connectivity index (χ2v) is 6.49. The first-order valence-corrected chi connectivity index (χ1v) is 8.54. The van der Waals surface area contributed by atoms with E-state index in [0.29, 0.717) is 47.6 Å². The van der Waals surface area contributed by atoms with Crippen LogP contribution in [0.15, 0.2) is 37.2 Å². The largest absolute Gasteiger partial charge is 0.328 e. The van der Waals surface area contributed by atoms with Gasteiger partial charge in [-0.05, 0) is 0 Å². The van der Waals surface area contributed by atoms with Crippen molar-refractivity contribution in [1.82, 2.24) is 44.2 Å². The minimum atomic E-state index is -0.185. The predicted molar refractivity (Wildman–Crippen MR) is 93.8 cm³/mol. The highest BCUT2D eigenvalue weighted by Gasteiger charge is 2.27. The number of carbonyl (C=O) groups excluding carboxylic acids is 1. The molecular formula is C16H12ClN9O. The zero-order chi connectivity index (χ0) is 18.4. The third-order valence-electron chi connectivity index (χ3n) is 4.36. The van der Waals surface area contributed by atoms with E-state index in [1.807, 2.05) is 4.57 Å². The van der Waals surface area contributed by atoms with Crippen LogP contribution >= 0.6 is 11.6 Å². The lowest BCUT2D eigenvalue weighted by Crippen LogP contribution is -2.38. The molecule has 0 spiro atoms. The Balaban J connectivity index is 1.42. The molecule has 0 saturated carbocycles. The molecule has 4 aromatic rings. The second kappa shape index (κ2) is 6.09. The zero-order valence-electron chi connectivity index (χ0n) is 13.9. The molecule has 0 N–H and O–H groups in total. The second-order valence-electron chi connectivity index (χ2n) is 6.05. The highest BCUT2D eigenvalue weighted by atomic mass is 35.5. The molecule has 0 bridgehead atoms. The van der Waals surface area contributed by atoms with Gasteiger partial charge in [0.05, 0.1) is 23.3 Å². The topological polar surface area (TPSA) is 107 Å². The Morgan fingerprint density at radius 1 is 1.11 bits per heavy atom. The average Bonchev–Trinajstić information content (AvgIpc) is 3.31. The summed E-state index contributed by atoms with van der Waals surface area (Å²) >= 11 is 5.92. The van der Waals surface area contributed by atoms with Gasteiger partial charge >= 0.3 is 0 Å². The monoisotopic (exact) mass is 381 g/mol. The molecule has 0 aromatic carbocycles. The van der Waals surface area contributed by atoms with Crippen LogP contribution in [0.4, 0.5) is 0 Å². The summed E-state index contributed by atoms with van der Waals surface area (Å²) in [5, 5.41) is 13.2. The number of hydrogen-bond donors (Lipinski definition) is 0. The Labute approximate surface area is 157 Å². The van der Waals surface area contributed by atoms with E-state index in [1.165, 1.54) is 17.0 Å². The number of halogens is 1. The molecule has 0 saturated heterocycles. The van der Waals surface area contributed by atoms with Crippen molar-refractivity contribution in [3.8, 4) is 11.4 Å². The highest BCUT2D eigenvalue weighted by Crippen LogP contribution is 2.21. The van der Waals surface area contributed by atoms with Crippen LogP contribution in [0.5, 0.6) is 0 Å². The molecule has 27 heavy (non-hydrogen) atoms. The van der Waals surface area contributed by atoms with Crippen molar-refractivity contribution in [2.75, 3.05) is 6.54 Å². The Morgan fingerprint density at radius 3 is 2.81 bits per heavy atom. The van der Waals surface area contributed by atoms with Crippen LogP contribution in [-0.4, -0.2) is 56.7 Å². The third kappa shape index (κ3) is 2.70. The number of hydrogen-bond acceptors (Lipinski definition) is 7. The molecule has 5 rings (SSSR count). The molecule has 1 amide bonds. The van der Waals surface area contributed by atoms with E-state index in [2.05, 4.69) is 30.2 Å². The highest BCUT2D eigenvalue weighted by molar-refractivity contribution is 6.30. The van der Waals surface area contributed by atoms with E-state index in [4.69, 9.17) is 11.6 Å². The smallest absolute Gasteiger partial charge is 0.274 e. The number of aromatic nitrogens is 8. The average molecular weight is 382 g/mol. The first-order chi connectivity index (χ1) is 13.2. The minimum absolute atomic E-state index is 0.185. The predicted octanol–water partition coefficient (Wildman–Crippen LogP) is 1.09. The molecule has 1 aliphatic heterocycles. The van der Waals surface area contributed by atoms with E-state index >= 15 is 0 Å². The van der Waals surface area contributed by atoms with Gasteiger partial charge in [-0.2, -0.15) is 5.10 Å². The third-order valence-corrected chi connectivity index (χ3v) is 4.56. The Hall–Kier alpha value is -3.40. The van der Waals surface area contributed by atoms with Gasteiger partial charge < -0.3 is 9.47 Å². The first kappa shape index (κ1) is 15.8. The van der Waals surface area contributed by atoms with Crippen LogP contribution in [0.2, 0.25) is 5.02 Å². The fourth-order valence-corrected chi connectivity index (χ4v) is 3.22. The summed E-state index contributed by atoms with van der Waals surface area (Å²) in [6.45, 7) is 1.45. The van der Waals surface area contributed by atoms with Crippen molar-refractivity contribution in [2.45, 2.75) is 13.1 Å². The number of amides is 1. The number of fused-ring (bicyclic) bond motifs is 2. The summed E-state index contributed by atoms with van der Waals surface area (Å²) in [4.78, 5) is 26.7. The maximum absolute atomic E-state index is 12.9. The molecule has 5 heterocycles. The number of carbonyl (C=O) groups is 1. The molecule has 0 atom stereocenters. The van der Waals surface area contributed by atoms with E-state index in [9.17, 15) is 4.79 Å². The SMILES string of the molecule is O=C(c1cc2ncc(Cl)cn2n1)N1CCn2c(nnc2-c2cncnc2)C1. The van der Waals surface area contributed by atoms with Crippen LogP contribution in [0.25, 0.3) is 17.0 Å². The Bertz CT molecular complexity index is 1150. The van der Waals surface area contributed by atoms with Crippen molar-refractivity contribution in [2.24, 2.45) is 0 Å². The molecule has 1 aliphatic rings. The van der Waals surface area contributed by atoms with E-state index < -0.39 is 0 Å². The van der Waals surface area contributed by atoms with Gasteiger partial charge in [-0.1, -0.05) is 11.6 Å². The fourth-order valence-electron chi connectivity index (χ4n) is 3.08. The van der Waals surface area contributed by atoms with Crippen LogP contribution < -0.4 is 0 Å². The van der Waals surface area contributed by atoms with Crippen molar-refractivity contribution < 1.29 is 4.79 Å². The molecule has 0 fully saturated rings. The quantitative estimate of drug-likeness (QED) is 0.511.